The van der Waals surface area contributed by atoms with E-state index < -0.39 is 5.41 Å². The van der Waals surface area contributed by atoms with Gasteiger partial charge in [0.1, 0.15) is 17.0 Å². The van der Waals surface area contributed by atoms with Crippen LogP contribution in [0.4, 0.5) is 0 Å². The predicted molar refractivity (Wildman–Crippen MR) is 189 cm³/mol. The summed E-state index contributed by atoms with van der Waals surface area (Å²) < 4.78 is 8.54. The molecule has 9 aromatic rings. The van der Waals surface area contributed by atoms with Crippen LogP contribution in [-0.4, -0.2) is 14.5 Å². The van der Waals surface area contributed by atoms with Crippen LogP contribution in [0.5, 0.6) is 0 Å². The standard InChI is InChI=1S/C43H27N3O/c1-3-10-31(11-4-1)43(32-12-5-2-6-13-32)35-15-9-16-37-41(35)46(42(45-37)28-22-24-44-25-23-28)38-20-18-30(27-36(38)43)29-19-21-40-34(26-29)33-14-7-8-17-39(33)47-40/h1-27H. The second-order valence-electron chi connectivity index (χ2n) is 12.2. The zero-order chi connectivity index (χ0) is 31.0. The second-order valence-corrected chi connectivity index (χ2v) is 12.2. The molecule has 0 amide bonds. The van der Waals surface area contributed by atoms with Crippen LogP contribution in [0.25, 0.3) is 61.2 Å². The minimum atomic E-state index is -0.592. The number of pyridine rings is 1. The molecule has 0 saturated heterocycles. The summed E-state index contributed by atoms with van der Waals surface area (Å²) in [6.45, 7) is 0. The highest BCUT2D eigenvalue weighted by molar-refractivity contribution is 6.06. The van der Waals surface area contributed by atoms with E-state index in [9.17, 15) is 0 Å². The van der Waals surface area contributed by atoms with Gasteiger partial charge in [0.2, 0.25) is 0 Å². The number of aromatic nitrogens is 3. The molecule has 4 heteroatoms. The number of para-hydroxylation sites is 2. The molecule has 4 heterocycles. The van der Waals surface area contributed by atoms with Crippen molar-refractivity contribution in [2.45, 2.75) is 5.41 Å². The molecule has 0 fully saturated rings. The van der Waals surface area contributed by atoms with Crippen molar-refractivity contribution < 1.29 is 4.42 Å². The third kappa shape index (κ3) is 3.64. The lowest BCUT2D eigenvalue weighted by atomic mass is 9.63. The van der Waals surface area contributed by atoms with Crippen molar-refractivity contribution in [2.24, 2.45) is 0 Å². The number of fused-ring (bicyclic) bond motifs is 5. The Kier molecular flexibility index (Phi) is 5.46. The summed E-state index contributed by atoms with van der Waals surface area (Å²) in [6, 6.07) is 54.2. The first-order valence-electron chi connectivity index (χ1n) is 15.9. The predicted octanol–water partition coefficient (Wildman–Crippen LogP) is 10.3. The van der Waals surface area contributed by atoms with Crippen molar-refractivity contribution >= 4 is 33.0 Å². The zero-order valence-corrected chi connectivity index (χ0v) is 25.3. The fourth-order valence-corrected chi connectivity index (χ4v) is 7.78. The quantitative estimate of drug-likeness (QED) is 0.202. The van der Waals surface area contributed by atoms with Crippen LogP contribution in [0, 0.1) is 0 Å². The first kappa shape index (κ1) is 26.0. The smallest absolute Gasteiger partial charge is 0.145 e. The van der Waals surface area contributed by atoms with Crippen LogP contribution < -0.4 is 0 Å². The molecule has 0 bridgehead atoms. The highest BCUT2D eigenvalue weighted by Gasteiger charge is 2.45. The first-order valence-corrected chi connectivity index (χ1v) is 15.9. The molecule has 10 rings (SSSR count). The van der Waals surface area contributed by atoms with E-state index in [0.29, 0.717) is 0 Å². The number of furan rings is 1. The number of hydrogen-bond acceptors (Lipinski definition) is 3. The number of hydrogen-bond donors (Lipinski definition) is 0. The van der Waals surface area contributed by atoms with Crippen LogP contribution in [-0.2, 0) is 5.41 Å². The maximum atomic E-state index is 6.19. The van der Waals surface area contributed by atoms with Gasteiger partial charge in [-0.2, -0.15) is 0 Å². The fraction of sp³-hybridized carbons (Fsp3) is 0.0233. The van der Waals surface area contributed by atoms with E-state index in [-0.39, 0.29) is 0 Å². The normalized spacial score (nSPS) is 13.3. The molecule has 1 aliphatic heterocycles. The number of nitrogens with zero attached hydrogens (tertiary/aromatic N) is 3. The first-order chi connectivity index (χ1) is 23.3. The topological polar surface area (TPSA) is 43.9 Å². The Labute approximate surface area is 271 Å². The molecule has 220 valence electrons. The molecule has 0 aliphatic carbocycles. The van der Waals surface area contributed by atoms with Crippen molar-refractivity contribution in [1.29, 1.82) is 0 Å². The lowest BCUT2D eigenvalue weighted by Gasteiger charge is -2.41. The molecular formula is C43H27N3O. The average Bonchev–Trinajstić information content (AvgIpc) is 3.72. The van der Waals surface area contributed by atoms with Gasteiger partial charge in [0.05, 0.1) is 22.1 Å². The van der Waals surface area contributed by atoms with Gasteiger partial charge in [-0.1, -0.05) is 103 Å². The van der Waals surface area contributed by atoms with E-state index >= 15 is 0 Å². The highest BCUT2D eigenvalue weighted by Crippen LogP contribution is 2.54. The third-order valence-corrected chi connectivity index (χ3v) is 9.78. The average molecular weight is 602 g/mol. The molecule has 0 spiro atoms. The number of benzene rings is 6. The summed E-state index contributed by atoms with van der Waals surface area (Å²) in [6.07, 6.45) is 3.67. The van der Waals surface area contributed by atoms with Gasteiger partial charge in [0.25, 0.3) is 0 Å². The monoisotopic (exact) mass is 601 g/mol. The van der Waals surface area contributed by atoms with E-state index in [1.165, 1.54) is 22.3 Å². The summed E-state index contributed by atoms with van der Waals surface area (Å²) in [4.78, 5) is 9.57. The second kappa shape index (κ2) is 9.87. The molecule has 0 saturated carbocycles. The van der Waals surface area contributed by atoms with Crippen LogP contribution >= 0.6 is 0 Å². The summed E-state index contributed by atoms with van der Waals surface area (Å²) in [5.74, 6) is 0.907. The minimum absolute atomic E-state index is 0.592. The largest absolute Gasteiger partial charge is 0.456 e. The van der Waals surface area contributed by atoms with Gasteiger partial charge in [-0.05, 0) is 81.9 Å². The van der Waals surface area contributed by atoms with E-state index in [1.54, 1.807) is 0 Å². The van der Waals surface area contributed by atoms with Crippen LogP contribution in [0.2, 0.25) is 0 Å². The molecule has 0 radical (unpaired) electrons. The van der Waals surface area contributed by atoms with Gasteiger partial charge in [0.15, 0.2) is 0 Å². The minimum Gasteiger partial charge on any atom is -0.456 e. The van der Waals surface area contributed by atoms with Gasteiger partial charge in [0, 0.05) is 28.7 Å². The molecular weight excluding hydrogens is 574 g/mol. The van der Waals surface area contributed by atoms with Gasteiger partial charge in [-0.15, -0.1) is 0 Å². The van der Waals surface area contributed by atoms with Gasteiger partial charge < -0.3 is 4.42 Å². The summed E-state index contributed by atoms with van der Waals surface area (Å²) >= 11 is 0. The van der Waals surface area contributed by atoms with Gasteiger partial charge in [-0.3, -0.25) is 9.55 Å². The van der Waals surface area contributed by atoms with E-state index in [4.69, 9.17) is 9.40 Å². The van der Waals surface area contributed by atoms with Crippen LogP contribution in [0.3, 0.4) is 0 Å². The zero-order valence-electron chi connectivity index (χ0n) is 25.3. The van der Waals surface area contributed by atoms with E-state index in [0.717, 1.165) is 61.2 Å². The van der Waals surface area contributed by atoms with Crippen molar-refractivity contribution in [3.8, 4) is 28.2 Å². The number of rotatable bonds is 4. The molecule has 1 aliphatic rings. The summed E-state index contributed by atoms with van der Waals surface area (Å²) in [7, 11) is 0. The Morgan fingerprint density at radius 2 is 1.19 bits per heavy atom. The molecule has 6 aromatic carbocycles. The van der Waals surface area contributed by atoms with Crippen molar-refractivity contribution in [3.05, 3.63) is 186 Å². The lowest BCUT2D eigenvalue weighted by Crippen LogP contribution is -2.35. The Morgan fingerprint density at radius 3 is 1.98 bits per heavy atom. The molecule has 0 atom stereocenters. The number of imidazole rings is 1. The van der Waals surface area contributed by atoms with Gasteiger partial charge >= 0.3 is 0 Å². The van der Waals surface area contributed by atoms with Crippen molar-refractivity contribution in [3.63, 3.8) is 0 Å². The van der Waals surface area contributed by atoms with Crippen LogP contribution in [0.15, 0.2) is 168 Å². The maximum Gasteiger partial charge on any atom is 0.145 e. The summed E-state index contributed by atoms with van der Waals surface area (Å²) in [5.41, 5.74) is 12.6. The van der Waals surface area contributed by atoms with E-state index in [2.05, 4.69) is 137 Å². The third-order valence-electron chi connectivity index (χ3n) is 9.78. The molecule has 0 unspecified atom stereocenters. The SMILES string of the molecule is c1ccc(C2(c3ccccc3)c3cc(-c4ccc5oc6ccccc6c5c4)ccc3-n3c(-c4ccncc4)nc4cccc2c43)cc1. The molecule has 0 N–H and O–H groups in total. The highest BCUT2D eigenvalue weighted by atomic mass is 16.3. The Hall–Kier alpha value is -6.26. The van der Waals surface area contributed by atoms with Crippen LogP contribution in [0.1, 0.15) is 22.3 Å². The fourth-order valence-electron chi connectivity index (χ4n) is 7.78. The van der Waals surface area contributed by atoms with E-state index in [1.807, 2.05) is 36.7 Å². The summed E-state index contributed by atoms with van der Waals surface area (Å²) in [5, 5.41) is 2.25. The Balaban J connectivity index is 1.34. The molecule has 3 aromatic heterocycles. The maximum absolute atomic E-state index is 6.19. The molecule has 4 nitrogen and oxygen atoms in total. The van der Waals surface area contributed by atoms with Gasteiger partial charge in [-0.25, -0.2) is 4.98 Å². The van der Waals surface area contributed by atoms with Crippen molar-refractivity contribution in [1.82, 2.24) is 14.5 Å². The van der Waals surface area contributed by atoms with Crippen molar-refractivity contribution in [2.75, 3.05) is 0 Å². The Morgan fingerprint density at radius 1 is 0.511 bits per heavy atom. The Bertz CT molecular complexity index is 2580. The lowest BCUT2D eigenvalue weighted by molar-refractivity contribution is 0.669. The molecule has 47 heavy (non-hydrogen) atoms.